The number of ether oxygens (including phenoxy) is 1. The number of pyridine rings is 1. The third kappa shape index (κ3) is 4.98. The number of carbonyl (C=O) groups is 1. The fraction of sp³-hybridized carbons (Fsp3) is 0.200. The number of hydrogen-bond donors (Lipinski definition) is 1. The Kier molecular flexibility index (Phi) is 7.07. The van der Waals surface area contributed by atoms with Crippen molar-refractivity contribution in [2.24, 2.45) is 0 Å². The van der Waals surface area contributed by atoms with Crippen molar-refractivity contribution in [2.45, 2.75) is 24.1 Å². The van der Waals surface area contributed by atoms with Crippen molar-refractivity contribution in [1.29, 1.82) is 5.26 Å². The van der Waals surface area contributed by atoms with Gasteiger partial charge in [-0.1, -0.05) is 30.0 Å². The first kappa shape index (κ1) is 22.2. The summed E-state index contributed by atoms with van der Waals surface area (Å²) in [6.45, 7) is 1.61. The number of thioether (sulfide) groups is 2. The average molecular weight is 464 g/mol. The van der Waals surface area contributed by atoms with Gasteiger partial charge in [-0.3, -0.25) is 4.79 Å². The number of rotatable bonds is 6. The molecule has 0 spiro atoms. The van der Waals surface area contributed by atoms with E-state index in [0.717, 1.165) is 11.1 Å². The molecule has 1 aromatic heterocycles. The number of nitrogens with zero attached hydrogens (tertiary/aromatic N) is 2. The van der Waals surface area contributed by atoms with Crippen molar-refractivity contribution in [3.05, 3.63) is 57.1 Å². The van der Waals surface area contributed by atoms with Gasteiger partial charge in [0.05, 0.1) is 17.6 Å². The second kappa shape index (κ2) is 9.55. The molecule has 1 saturated heterocycles. The van der Waals surface area contributed by atoms with E-state index in [9.17, 15) is 18.8 Å². The van der Waals surface area contributed by atoms with Crippen LogP contribution in [0.2, 0.25) is 0 Å². The highest BCUT2D eigenvalue weighted by Crippen LogP contribution is 2.33. The van der Waals surface area contributed by atoms with E-state index in [1.807, 2.05) is 12.1 Å². The standard InChI is InChI=1S/C20H15F2N3O2S3/c1-10-5-14(17(21)22)24-19(13(10)8-23)29-9-12-6-11(3-4-15(12)27-2)7-16-18(26)25-20(28)30-16/h3-7,17H,9H2,1-2H3,(H,25,26,28)/b16-7-. The lowest BCUT2D eigenvalue weighted by molar-refractivity contribution is -0.115. The summed E-state index contributed by atoms with van der Waals surface area (Å²) in [5, 5.41) is 12.2. The van der Waals surface area contributed by atoms with E-state index in [0.29, 0.717) is 26.3 Å². The molecular weight excluding hydrogens is 448 g/mol. The lowest BCUT2D eigenvalue weighted by Gasteiger charge is -2.12. The molecule has 1 N–H and O–H groups in total. The summed E-state index contributed by atoms with van der Waals surface area (Å²) in [6, 6.07) is 8.67. The molecule has 2 aromatic rings. The number of thiocarbonyl (C=S) groups is 1. The summed E-state index contributed by atoms with van der Waals surface area (Å²) < 4.78 is 32.0. The van der Waals surface area contributed by atoms with E-state index in [2.05, 4.69) is 10.3 Å². The Morgan fingerprint density at radius 3 is 2.80 bits per heavy atom. The minimum atomic E-state index is -2.72. The van der Waals surface area contributed by atoms with Crippen LogP contribution in [0.3, 0.4) is 0 Å². The molecule has 10 heteroatoms. The maximum atomic E-state index is 13.1. The number of amides is 1. The third-order valence-corrected chi connectivity index (χ3v) is 6.33. The average Bonchev–Trinajstić information content (AvgIpc) is 3.02. The number of benzene rings is 1. The van der Waals surface area contributed by atoms with E-state index in [4.69, 9.17) is 17.0 Å². The van der Waals surface area contributed by atoms with Crippen LogP contribution in [0.25, 0.3) is 6.08 Å². The van der Waals surface area contributed by atoms with E-state index in [1.165, 1.54) is 36.7 Å². The summed E-state index contributed by atoms with van der Waals surface area (Å²) in [7, 11) is 1.53. The van der Waals surface area contributed by atoms with Crippen molar-refractivity contribution in [3.63, 3.8) is 0 Å². The maximum Gasteiger partial charge on any atom is 0.280 e. The van der Waals surface area contributed by atoms with Crippen LogP contribution < -0.4 is 10.1 Å². The number of halogens is 2. The predicted molar refractivity (Wildman–Crippen MR) is 118 cm³/mol. The second-order valence-electron chi connectivity index (χ2n) is 6.17. The summed E-state index contributed by atoms with van der Waals surface area (Å²) in [4.78, 5) is 16.3. The predicted octanol–water partition coefficient (Wildman–Crippen LogP) is 4.99. The van der Waals surface area contributed by atoms with E-state index >= 15 is 0 Å². The Morgan fingerprint density at radius 1 is 1.43 bits per heavy atom. The Hall–Kier alpha value is -2.48. The van der Waals surface area contributed by atoms with Gasteiger partial charge in [0.2, 0.25) is 0 Å². The molecular formula is C20H15F2N3O2S3. The largest absolute Gasteiger partial charge is 0.496 e. The van der Waals surface area contributed by atoms with E-state index in [1.54, 1.807) is 25.1 Å². The monoisotopic (exact) mass is 463 g/mol. The zero-order valence-corrected chi connectivity index (χ0v) is 18.3. The molecule has 154 valence electrons. The maximum absolute atomic E-state index is 13.1. The third-order valence-electron chi connectivity index (χ3n) is 4.15. The van der Waals surface area contributed by atoms with Gasteiger partial charge in [0, 0.05) is 11.3 Å². The van der Waals surface area contributed by atoms with E-state index < -0.39 is 6.43 Å². The minimum absolute atomic E-state index is 0.245. The fourth-order valence-corrected chi connectivity index (χ4v) is 4.82. The number of hydrogen-bond acceptors (Lipinski definition) is 7. The molecule has 1 aliphatic heterocycles. The van der Waals surface area contributed by atoms with Gasteiger partial charge in [-0.2, -0.15) is 5.26 Å². The quantitative estimate of drug-likeness (QED) is 0.367. The summed E-state index contributed by atoms with van der Waals surface area (Å²) in [5.74, 6) is 0.689. The molecule has 1 amide bonds. The number of aryl methyl sites for hydroxylation is 1. The highest BCUT2D eigenvalue weighted by molar-refractivity contribution is 8.26. The normalized spacial score (nSPS) is 14.9. The second-order valence-corrected chi connectivity index (χ2v) is 8.85. The molecule has 2 heterocycles. The Balaban J connectivity index is 1.90. The molecule has 0 atom stereocenters. The van der Waals surface area contributed by atoms with Crippen LogP contribution in [-0.2, 0) is 10.5 Å². The lowest BCUT2D eigenvalue weighted by atomic mass is 10.1. The highest BCUT2D eigenvalue weighted by Gasteiger charge is 2.22. The molecule has 0 unspecified atom stereocenters. The first-order chi connectivity index (χ1) is 14.3. The molecule has 5 nitrogen and oxygen atoms in total. The lowest BCUT2D eigenvalue weighted by Crippen LogP contribution is -2.17. The Labute approximate surface area is 185 Å². The van der Waals surface area contributed by atoms with Crippen LogP contribution in [0.5, 0.6) is 5.75 Å². The molecule has 3 rings (SSSR count). The Bertz CT molecular complexity index is 1100. The topological polar surface area (TPSA) is 75.0 Å². The van der Waals surface area contributed by atoms with Gasteiger partial charge in [0.15, 0.2) is 0 Å². The molecule has 1 aliphatic rings. The van der Waals surface area contributed by atoms with Crippen molar-refractivity contribution >= 4 is 52.0 Å². The first-order valence-corrected chi connectivity index (χ1v) is 10.8. The Morgan fingerprint density at radius 2 is 2.20 bits per heavy atom. The number of carbonyl (C=O) groups excluding carboxylic acids is 1. The van der Waals surface area contributed by atoms with Crippen molar-refractivity contribution in [2.75, 3.05) is 7.11 Å². The number of methoxy groups -OCH3 is 1. The molecule has 1 aromatic carbocycles. The van der Waals surface area contributed by atoms with Crippen molar-refractivity contribution in [3.8, 4) is 11.8 Å². The van der Waals surface area contributed by atoms with Gasteiger partial charge in [0.25, 0.3) is 12.3 Å². The van der Waals surface area contributed by atoms with Gasteiger partial charge in [-0.25, -0.2) is 13.8 Å². The van der Waals surface area contributed by atoms with Gasteiger partial charge in [-0.05, 0) is 42.3 Å². The van der Waals surface area contributed by atoms with Gasteiger partial charge < -0.3 is 10.1 Å². The molecule has 0 radical (unpaired) electrons. The number of aromatic nitrogens is 1. The highest BCUT2D eigenvalue weighted by atomic mass is 32.2. The SMILES string of the molecule is COc1ccc(/C=C2\SC(=S)NC2=O)cc1CSc1nc(C(F)F)cc(C)c1C#N. The smallest absolute Gasteiger partial charge is 0.280 e. The number of nitrogens with one attached hydrogen (secondary N) is 1. The zero-order chi connectivity index (χ0) is 21.8. The van der Waals surface area contributed by atoms with Crippen LogP contribution in [0, 0.1) is 18.3 Å². The van der Waals surface area contributed by atoms with E-state index in [-0.39, 0.29) is 22.2 Å². The van der Waals surface area contributed by atoms with Crippen molar-refractivity contribution in [1.82, 2.24) is 10.3 Å². The first-order valence-electron chi connectivity index (χ1n) is 8.56. The molecule has 0 aliphatic carbocycles. The number of alkyl halides is 2. The minimum Gasteiger partial charge on any atom is -0.496 e. The summed E-state index contributed by atoms with van der Waals surface area (Å²) in [6.07, 6.45) is -1.01. The van der Waals surface area contributed by atoms with Gasteiger partial charge in [0.1, 0.15) is 26.9 Å². The zero-order valence-electron chi connectivity index (χ0n) is 15.9. The summed E-state index contributed by atoms with van der Waals surface area (Å²) >= 11 is 7.36. The number of nitriles is 1. The van der Waals surface area contributed by atoms with Crippen molar-refractivity contribution < 1.29 is 18.3 Å². The van der Waals surface area contributed by atoms with Crippen LogP contribution in [0.4, 0.5) is 8.78 Å². The molecule has 1 fully saturated rings. The van der Waals surface area contributed by atoms with Gasteiger partial charge >= 0.3 is 0 Å². The molecule has 0 saturated carbocycles. The molecule has 30 heavy (non-hydrogen) atoms. The van der Waals surface area contributed by atoms with Gasteiger partial charge in [-0.15, -0.1) is 11.8 Å². The molecule has 0 bridgehead atoms. The fourth-order valence-electron chi connectivity index (χ4n) is 2.74. The van der Waals surface area contributed by atoms with Crippen LogP contribution in [-0.4, -0.2) is 22.3 Å². The van der Waals surface area contributed by atoms with Crippen LogP contribution >= 0.6 is 35.7 Å². The summed E-state index contributed by atoms with van der Waals surface area (Å²) in [5.41, 5.74) is 1.90. The van der Waals surface area contributed by atoms with Crippen LogP contribution in [0.1, 0.15) is 34.4 Å². The van der Waals surface area contributed by atoms with Crippen LogP contribution in [0.15, 0.2) is 34.2 Å².